The lowest BCUT2D eigenvalue weighted by atomic mass is 10.3. The maximum absolute atomic E-state index is 5.59. The highest BCUT2D eigenvalue weighted by Crippen LogP contribution is 2.00. The van der Waals surface area contributed by atoms with Crippen LogP contribution in [0.4, 0.5) is 0 Å². The third-order valence-electron chi connectivity index (χ3n) is 1.53. The Kier molecular flexibility index (Phi) is 7.23. The van der Waals surface area contributed by atoms with E-state index >= 15 is 0 Å². The van der Waals surface area contributed by atoms with Crippen LogP contribution in [-0.4, -0.2) is 38.6 Å². The van der Waals surface area contributed by atoms with Gasteiger partial charge >= 0.3 is 0 Å². The first-order valence-electron chi connectivity index (χ1n) is 4.82. The Morgan fingerprint density at radius 2 is 1.46 bits per heavy atom. The lowest BCUT2D eigenvalue weighted by molar-refractivity contribution is -0.0739. The summed E-state index contributed by atoms with van der Waals surface area (Å²) in [5, 5.41) is 0. The molecule has 0 amide bonds. The number of rotatable bonds is 7. The lowest BCUT2D eigenvalue weighted by Crippen LogP contribution is -2.26. The van der Waals surface area contributed by atoms with Gasteiger partial charge in [-0.1, -0.05) is 0 Å². The Bertz CT molecular complexity index is 115. The van der Waals surface area contributed by atoms with Gasteiger partial charge in [0.05, 0.1) is 31.5 Å². The predicted molar refractivity (Wildman–Crippen MR) is 53.0 cm³/mol. The van der Waals surface area contributed by atoms with Crippen molar-refractivity contribution in [3.8, 4) is 0 Å². The van der Waals surface area contributed by atoms with E-state index in [-0.39, 0.29) is 18.3 Å². The summed E-state index contributed by atoms with van der Waals surface area (Å²) in [6, 6.07) is 0. The summed E-state index contributed by atoms with van der Waals surface area (Å²) in [4.78, 5) is 0. The number of ether oxygens (including phenoxy) is 3. The Hall–Kier alpha value is -0.120. The number of methoxy groups -OCH3 is 1. The average molecular weight is 190 g/mol. The van der Waals surface area contributed by atoms with Crippen molar-refractivity contribution >= 4 is 0 Å². The predicted octanol–water partition coefficient (Wildman–Crippen LogP) is 1.85. The molecule has 0 aromatic heterocycles. The Morgan fingerprint density at radius 1 is 0.923 bits per heavy atom. The monoisotopic (exact) mass is 190 g/mol. The highest BCUT2D eigenvalue weighted by molar-refractivity contribution is 4.54. The van der Waals surface area contributed by atoms with E-state index in [1.54, 1.807) is 7.11 Å². The van der Waals surface area contributed by atoms with Crippen LogP contribution in [0.2, 0.25) is 0 Å². The van der Waals surface area contributed by atoms with Gasteiger partial charge in [0.1, 0.15) is 0 Å². The van der Waals surface area contributed by atoms with Crippen LogP contribution in [0.25, 0.3) is 0 Å². The van der Waals surface area contributed by atoms with Gasteiger partial charge in [-0.15, -0.1) is 0 Å². The lowest BCUT2D eigenvalue weighted by Gasteiger charge is -2.19. The van der Waals surface area contributed by atoms with Crippen molar-refractivity contribution in [2.75, 3.05) is 20.3 Å². The summed E-state index contributed by atoms with van der Waals surface area (Å²) in [5.41, 5.74) is 0. The van der Waals surface area contributed by atoms with Gasteiger partial charge in [-0.05, 0) is 27.7 Å². The van der Waals surface area contributed by atoms with Gasteiger partial charge in [0.15, 0.2) is 0 Å². The second-order valence-electron chi connectivity index (χ2n) is 3.59. The van der Waals surface area contributed by atoms with Crippen molar-refractivity contribution in [3.63, 3.8) is 0 Å². The second kappa shape index (κ2) is 7.30. The van der Waals surface area contributed by atoms with Crippen molar-refractivity contribution in [2.45, 2.75) is 46.0 Å². The topological polar surface area (TPSA) is 27.7 Å². The first-order valence-corrected chi connectivity index (χ1v) is 4.82. The maximum atomic E-state index is 5.59. The third-order valence-corrected chi connectivity index (χ3v) is 1.53. The molecule has 0 saturated carbocycles. The van der Waals surface area contributed by atoms with Crippen LogP contribution in [0.1, 0.15) is 27.7 Å². The van der Waals surface area contributed by atoms with Crippen molar-refractivity contribution in [3.05, 3.63) is 0 Å². The summed E-state index contributed by atoms with van der Waals surface area (Å²) in [6.07, 6.45) is 0.534. The molecule has 0 saturated heterocycles. The molecule has 0 fully saturated rings. The summed E-state index contributed by atoms with van der Waals surface area (Å²) in [6.45, 7) is 9.32. The third kappa shape index (κ3) is 8.22. The molecular formula is C10H22O3. The molecule has 0 aliphatic heterocycles. The number of hydrogen-bond donors (Lipinski definition) is 0. The Morgan fingerprint density at radius 3 is 1.92 bits per heavy atom. The van der Waals surface area contributed by atoms with Crippen LogP contribution in [0.3, 0.4) is 0 Å². The molecule has 0 aliphatic carbocycles. The molecule has 3 nitrogen and oxygen atoms in total. The zero-order valence-electron chi connectivity index (χ0n) is 9.37. The minimum Gasteiger partial charge on any atom is -0.382 e. The molecule has 2 unspecified atom stereocenters. The van der Waals surface area contributed by atoms with Gasteiger partial charge in [0, 0.05) is 7.11 Å². The fraction of sp³-hybridized carbons (Fsp3) is 1.00. The van der Waals surface area contributed by atoms with E-state index in [0.29, 0.717) is 13.2 Å². The van der Waals surface area contributed by atoms with E-state index in [4.69, 9.17) is 14.2 Å². The molecule has 0 bridgehead atoms. The fourth-order valence-corrected chi connectivity index (χ4v) is 1.04. The Balaban J connectivity index is 3.43. The van der Waals surface area contributed by atoms with Gasteiger partial charge in [-0.25, -0.2) is 0 Å². The summed E-state index contributed by atoms with van der Waals surface area (Å²) < 4.78 is 16.0. The second-order valence-corrected chi connectivity index (χ2v) is 3.59. The van der Waals surface area contributed by atoms with E-state index in [9.17, 15) is 0 Å². The minimum atomic E-state index is 0.132. The largest absolute Gasteiger partial charge is 0.382 e. The molecule has 0 radical (unpaired) electrons. The molecule has 2 atom stereocenters. The molecular weight excluding hydrogens is 168 g/mol. The fourth-order valence-electron chi connectivity index (χ4n) is 1.04. The molecule has 3 heteroatoms. The van der Waals surface area contributed by atoms with E-state index < -0.39 is 0 Å². The van der Waals surface area contributed by atoms with Crippen LogP contribution >= 0.6 is 0 Å². The quantitative estimate of drug-likeness (QED) is 0.613. The van der Waals surface area contributed by atoms with E-state index in [2.05, 4.69) is 0 Å². The SMILES string of the molecule is COCC(C)OC(C)COC(C)C. The summed E-state index contributed by atoms with van der Waals surface area (Å²) in [7, 11) is 1.68. The summed E-state index contributed by atoms with van der Waals surface area (Å²) >= 11 is 0. The van der Waals surface area contributed by atoms with E-state index in [1.165, 1.54) is 0 Å². The van der Waals surface area contributed by atoms with E-state index in [1.807, 2.05) is 27.7 Å². The van der Waals surface area contributed by atoms with Gasteiger partial charge in [0.25, 0.3) is 0 Å². The zero-order valence-corrected chi connectivity index (χ0v) is 9.37. The van der Waals surface area contributed by atoms with Crippen LogP contribution in [0.5, 0.6) is 0 Å². The Labute approximate surface area is 81.4 Å². The minimum absolute atomic E-state index is 0.132. The smallest absolute Gasteiger partial charge is 0.0785 e. The highest BCUT2D eigenvalue weighted by Gasteiger charge is 2.08. The molecule has 0 rings (SSSR count). The van der Waals surface area contributed by atoms with Crippen molar-refractivity contribution in [1.82, 2.24) is 0 Å². The molecule has 0 heterocycles. The molecule has 0 aliphatic rings. The van der Waals surface area contributed by atoms with Crippen LogP contribution < -0.4 is 0 Å². The number of hydrogen-bond acceptors (Lipinski definition) is 3. The molecule has 0 spiro atoms. The first-order chi connectivity index (χ1) is 6.06. The van der Waals surface area contributed by atoms with Gasteiger partial charge < -0.3 is 14.2 Å². The van der Waals surface area contributed by atoms with Crippen molar-refractivity contribution < 1.29 is 14.2 Å². The maximum Gasteiger partial charge on any atom is 0.0785 e. The summed E-state index contributed by atoms with van der Waals surface area (Å²) in [5.74, 6) is 0. The molecule has 0 aromatic rings. The standard InChI is InChI=1S/C10H22O3/c1-8(2)12-7-10(4)13-9(3)6-11-5/h8-10H,6-7H2,1-5H3. The van der Waals surface area contributed by atoms with Crippen LogP contribution in [0.15, 0.2) is 0 Å². The van der Waals surface area contributed by atoms with Gasteiger partial charge in [-0.3, -0.25) is 0 Å². The van der Waals surface area contributed by atoms with Crippen LogP contribution in [-0.2, 0) is 14.2 Å². The molecule has 0 aromatic carbocycles. The van der Waals surface area contributed by atoms with E-state index in [0.717, 1.165) is 0 Å². The van der Waals surface area contributed by atoms with Crippen molar-refractivity contribution in [2.24, 2.45) is 0 Å². The van der Waals surface area contributed by atoms with Gasteiger partial charge in [0.2, 0.25) is 0 Å². The normalized spacial score (nSPS) is 16.2. The first kappa shape index (κ1) is 12.9. The molecule has 80 valence electrons. The van der Waals surface area contributed by atoms with Gasteiger partial charge in [-0.2, -0.15) is 0 Å². The van der Waals surface area contributed by atoms with Crippen LogP contribution in [0, 0.1) is 0 Å². The van der Waals surface area contributed by atoms with Crippen molar-refractivity contribution in [1.29, 1.82) is 0 Å². The molecule has 13 heavy (non-hydrogen) atoms. The highest BCUT2D eigenvalue weighted by atomic mass is 16.6. The molecule has 0 N–H and O–H groups in total. The average Bonchev–Trinajstić information content (AvgIpc) is 2.01. The zero-order chi connectivity index (χ0) is 10.3.